The van der Waals surface area contributed by atoms with Crippen molar-refractivity contribution in [3.63, 3.8) is 0 Å². The van der Waals surface area contributed by atoms with Gasteiger partial charge < -0.3 is 0 Å². The Morgan fingerprint density at radius 2 is 1.92 bits per heavy atom. The third-order valence-electron chi connectivity index (χ3n) is 1.36. The minimum absolute atomic E-state index is 0.463. The Labute approximate surface area is 73.6 Å². The maximum absolute atomic E-state index is 10.8. The summed E-state index contributed by atoms with van der Waals surface area (Å²) in [4.78, 5) is 1.66. The lowest BCUT2D eigenvalue weighted by atomic mass is 10.4. The molecule has 0 aromatic heterocycles. The molecule has 0 radical (unpaired) electrons. The van der Waals surface area contributed by atoms with E-state index in [1.165, 1.54) is 0 Å². The van der Waals surface area contributed by atoms with Gasteiger partial charge in [-0.05, 0) is 20.5 Å². The van der Waals surface area contributed by atoms with Crippen LogP contribution in [0.1, 0.15) is 13.3 Å². The van der Waals surface area contributed by atoms with Crippen LogP contribution in [0.5, 0.6) is 0 Å². The number of rotatable bonds is 5. The second-order valence-electron chi connectivity index (χ2n) is 2.50. The third kappa shape index (κ3) is 4.01. The molecule has 0 aromatic carbocycles. The Hall–Kier alpha value is -0.170. The first kappa shape index (κ1) is 11.8. The zero-order valence-electron chi connectivity index (χ0n) is 7.77. The average molecular weight is 197 g/mol. The van der Waals surface area contributed by atoms with Crippen LogP contribution in [0.25, 0.3) is 0 Å². The van der Waals surface area contributed by atoms with E-state index in [9.17, 15) is 8.42 Å². The van der Waals surface area contributed by atoms with Gasteiger partial charge in [-0.1, -0.05) is 6.92 Å². The maximum atomic E-state index is 10.8. The van der Waals surface area contributed by atoms with Gasteiger partial charge in [0.2, 0.25) is 0 Å². The lowest BCUT2D eigenvalue weighted by Gasteiger charge is -2.21. The zero-order valence-corrected chi connectivity index (χ0v) is 8.59. The van der Waals surface area contributed by atoms with Gasteiger partial charge in [0.25, 0.3) is 0 Å². The zero-order chi connectivity index (χ0) is 9.78. The summed E-state index contributed by atoms with van der Waals surface area (Å²) in [7, 11) is 0.721. The van der Waals surface area contributed by atoms with Crippen LogP contribution in [-0.2, 0) is 18.8 Å². The van der Waals surface area contributed by atoms with Crippen molar-refractivity contribution in [2.75, 3.05) is 21.2 Å². The minimum Gasteiger partial charge on any atom is -0.283 e. The quantitative estimate of drug-likeness (QED) is 0.589. The summed E-state index contributed by atoms with van der Waals surface area (Å²) in [5.41, 5.74) is 0. The van der Waals surface area contributed by atoms with Crippen LogP contribution < -0.4 is 0 Å². The predicted molar refractivity (Wildman–Crippen MR) is 44.8 cm³/mol. The summed E-state index contributed by atoms with van der Waals surface area (Å²) in [6.45, 7) is 1.83. The Balaban J connectivity index is 4.22. The highest BCUT2D eigenvalue weighted by molar-refractivity contribution is 7.81. The fourth-order valence-corrected chi connectivity index (χ4v) is 1.35. The molecule has 0 aliphatic carbocycles. The van der Waals surface area contributed by atoms with Crippen molar-refractivity contribution in [2.45, 2.75) is 19.6 Å². The number of hydrogen-bond acceptors (Lipinski definition) is 5. The fraction of sp³-hybridized carbons (Fsp3) is 1.00. The summed E-state index contributed by atoms with van der Waals surface area (Å²) < 4.78 is 30.4. The molecule has 0 fully saturated rings. The van der Waals surface area contributed by atoms with E-state index >= 15 is 0 Å². The second kappa shape index (κ2) is 4.76. The van der Waals surface area contributed by atoms with E-state index in [1.807, 2.05) is 6.92 Å². The van der Waals surface area contributed by atoms with Crippen LogP contribution >= 0.6 is 0 Å². The molecule has 12 heavy (non-hydrogen) atoms. The van der Waals surface area contributed by atoms with Crippen molar-refractivity contribution in [2.24, 2.45) is 0 Å². The van der Waals surface area contributed by atoms with Crippen molar-refractivity contribution in [1.29, 1.82) is 0 Å². The first-order valence-corrected chi connectivity index (χ1v) is 4.91. The van der Waals surface area contributed by atoms with E-state index in [-0.39, 0.29) is 0 Å². The molecule has 0 saturated heterocycles. The van der Waals surface area contributed by atoms with Crippen LogP contribution in [0.2, 0.25) is 0 Å². The van der Waals surface area contributed by atoms with Crippen LogP contribution in [-0.4, -0.2) is 40.8 Å². The highest BCUT2D eigenvalue weighted by Gasteiger charge is 2.18. The molecule has 0 rings (SSSR count). The molecule has 1 unspecified atom stereocenters. The van der Waals surface area contributed by atoms with Crippen LogP contribution in [0, 0.1) is 0 Å². The molecule has 0 saturated carbocycles. The van der Waals surface area contributed by atoms with Crippen molar-refractivity contribution >= 4 is 10.4 Å². The summed E-state index contributed by atoms with van der Waals surface area (Å²) in [6, 6.07) is 0. The molecule has 0 heterocycles. The molecule has 1 atom stereocenters. The van der Waals surface area contributed by atoms with E-state index in [1.54, 1.807) is 19.0 Å². The molecular formula is C6H15NO4S. The molecule has 0 N–H and O–H groups in total. The van der Waals surface area contributed by atoms with Crippen LogP contribution in [0.15, 0.2) is 0 Å². The van der Waals surface area contributed by atoms with Crippen molar-refractivity contribution < 1.29 is 16.8 Å². The van der Waals surface area contributed by atoms with E-state index in [2.05, 4.69) is 8.37 Å². The Morgan fingerprint density at radius 1 is 1.42 bits per heavy atom. The van der Waals surface area contributed by atoms with Crippen molar-refractivity contribution in [3.05, 3.63) is 0 Å². The molecule has 0 aliphatic rings. The molecule has 0 aromatic rings. The van der Waals surface area contributed by atoms with E-state index in [0.29, 0.717) is 6.42 Å². The summed E-state index contributed by atoms with van der Waals surface area (Å²) in [5, 5.41) is 0. The molecule has 0 aliphatic heterocycles. The summed E-state index contributed by atoms with van der Waals surface area (Å²) in [6.07, 6.45) is 0.116. The van der Waals surface area contributed by atoms with Gasteiger partial charge in [-0.2, -0.15) is 8.42 Å². The van der Waals surface area contributed by atoms with Gasteiger partial charge in [0, 0.05) is 0 Å². The SMILES string of the molecule is CCC(OS(=O)(=O)OC)N(C)C. The van der Waals surface area contributed by atoms with Gasteiger partial charge >= 0.3 is 10.4 Å². The maximum Gasteiger partial charge on any atom is 0.401 e. The molecule has 0 spiro atoms. The van der Waals surface area contributed by atoms with E-state index < -0.39 is 16.6 Å². The Kier molecular flexibility index (Phi) is 4.69. The lowest BCUT2D eigenvalue weighted by molar-refractivity contribution is 0.0521. The second-order valence-corrected chi connectivity index (χ2v) is 3.84. The van der Waals surface area contributed by atoms with Crippen LogP contribution in [0.3, 0.4) is 0 Å². The molecular weight excluding hydrogens is 182 g/mol. The van der Waals surface area contributed by atoms with E-state index in [0.717, 1.165) is 7.11 Å². The van der Waals surface area contributed by atoms with Gasteiger partial charge in [-0.15, -0.1) is 0 Å². The monoisotopic (exact) mass is 197 g/mol. The molecule has 0 amide bonds. The highest BCUT2D eigenvalue weighted by Crippen LogP contribution is 2.06. The molecule has 6 heteroatoms. The van der Waals surface area contributed by atoms with Crippen LogP contribution in [0.4, 0.5) is 0 Å². The highest BCUT2D eigenvalue weighted by atomic mass is 32.3. The molecule has 5 nitrogen and oxygen atoms in total. The minimum atomic E-state index is -3.82. The summed E-state index contributed by atoms with van der Waals surface area (Å²) in [5.74, 6) is 0. The van der Waals surface area contributed by atoms with Gasteiger partial charge in [-0.25, -0.2) is 4.18 Å². The average Bonchev–Trinajstić information content (AvgIpc) is 2.00. The van der Waals surface area contributed by atoms with Crippen molar-refractivity contribution in [3.8, 4) is 0 Å². The predicted octanol–water partition coefficient (Wildman–Crippen LogP) is 0.192. The number of hydrogen-bond donors (Lipinski definition) is 0. The van der Waals surface area contributed by atoms with Gasteiger partial charge in [0.15, 0.2) is 0 Å². The Bertz CT molecular complexity index is 212. The molecule has 0 bridgehead atoms. The standard InChI is InChI=1S/C6H15NO4S/c1-5-6(7(2)3)11-12(8,9)10-4/h6H,5H2,1-4H3. The fourth-order valence-electron chi connectivity index (χ4n) is 0.695. The van der Waals surface area contributed by atoms with Crippen molar-refractivity contribution in [1.82, 2.24) is 4.90 Å². The Morgan fingerprint density at radius 3 is 2.17 bits per heavy atom. The topological polar surface area (TPSA) is 55.8 Å². The molecule has 74 valence electrons. The first-order valence-electron chi connectivity index (χ1n) is 3.58. The van der Waals surface area contributed by atoms with Gasteiger partial charge in [0.05, 0.1) is 7.11 Å². The largest absolute Gasteiger partial charge is 0.401 e. The van der Waals surface area contributed by atoms with Gasteiger partial charge in [0.1, 0.15) is 6.23 Å². The first-order chi connectivity index (χ1) is 5.43. The van der Waals surface area contributed by atoms with E-state index in [4.69, 9.17) is 0 Å². The lowest BCUT2D eigenvalue weighted by Crippen LogP contribution is -2.32. The smallest absolute Gasteiger partial charge is 0.283 e. The van der Waals surface area contributed by atoms with Gasteiger partial charge in [-0.3, -0.25) is 9.08 Å². The normalized spacial score (nSPS) is 15.1. The summed E-state index contributed by atoms with van der Waals surface area (Å²) >= 11 is 0. The number of nitrogens with zero attached hydrogens (tertiary/aromatic N) is 1. The third-order valence-corrected chi connectivity index (χ3v) is 2.22.